The van der Waals surface area contributed by atoms with Crippen LogP contribution in [-0.4, -0.2) is 37.5 Å². The number of ether oxygens (including phenoxy) is 1. The molecule has 1 amide bonds. The Hall–Kier alpha value is -1.06. The van der Waals surface area contributed by atoms with Crippen LogP contribution in [0.15, 0.2) is 0 Å². The third-order valence-corrected chi connectivity index (χ3v) is 3.49. The zero-order chi connectivity index (χ0) is 12.7. The van der Waals surface area contributed by atoms with Crippen LogP contribution in [0.25, 0.3) is 0 Å². The molecule has 1 aliphatic carbocycles. The molecular weight excluding hydrogens is 218 g/mol. The van der Waals surface area contributed by atoms with E-state index in [1.54, 1.807) is 11.9 Å². The Morgan fingerprint density at radius 3 is 2.47 bits per heavy atom. The molecule has 1 saturated carbocycles. The fourth-order valence-electron chi connectivity index (χ4n) is 2.28. The molecule has 1 fully saturated rings. The highest BCUT2D eigenvalue weighted by Crippen LogP contribution is 2.26. The van der Waals surface area contributed by atoms with Gasteiger partial charge in [-0.05, 0) is 18.8 Å². The first-order valence-corrected chi connectivity index (χ1v) is 6.44. The third-order valence-electron chi connectivity index (χ3n) is 3.49. The average molecular weight is 241 g/mol. The lowest BCUT2D eigenvalue weighted by Crippen LogP contribution is -2.31. The second kappa shape index (κ2) is 7.30. The largest absolute Gasteiger partial charge is 0.469 e. The topological polar surface area (TPSA) is 46.6 Å². The van der Waals surface area contributed by atoms with E-state index in [0.29, 0.717) is 18.9 Å². The standard InChI is InChI=1S/C13H23NO3/c1-14(9-8-13(16)17-2)12(15)10-11-6-4-3-5-7-11/h11H,3-10H2,1-2H3. The molecule has 0 spiro atoms. The molecule has 0 N–H and O–H groups in total. The maximum atomic E-state index is 11.9. The lowest BCUT2D eigenvalue weighted by Gasteiger charge is -2.24. The van der Waals surface area contributed by atoms with Gasteiger partial charge in [-0.1, -0.05) is 19.3 Å². The van der Waals surface area contributed by atoms with Crippen LogP contribution in [0.3, 0.4) is 0 Å². The van der Waals surface area contributed by atoms with Gasteiger partial charge in [0.2, 0.25) is 5.91 Å². The van der Waals surface area contributed by atoms with Crippen LogP contribution in [0.2, 0.25) is 0 Å². The fraction of sp³-hybridized carbons (Fsp3) is 0.846. The Labute approximate surface area is 103 Å². The van der Waals surface area contributed by atoms with Crippen molar-refractivity contribution in [1.82, 2.24) is 4.90 Å². The number of carbonyl (C=O) groups is 2. The molecular formula is C13H23NO3. The van der Waals surface area contributed by atoms with E-state index < -0.39 is 0 Å². The van der Waals surface area contributed by atoms with E-state index in [2.05, 4.69) is 4.74 Å². The van der Waals surface area contributed by atoms with Crippen LogP contribution < -0.4 is 0 Å². The van der Waals surface area contributed by atoms with Crippen molar-refractivity contribution in [3.05, 3.63) is 0 Å². The summed E-state index contributed by atoms with van der Waals surface area (Å²) in [6.45, 7) is 0.457. The second-order valence-electron chi connectivity index (χ2n) is 4.85. The van der Waals surface area contributed by atoms with Gasteiger partial charge < -0.3 is 9.64 Å². The number of carbonyl (C=O) groups excluding carboxylic acids is 2. The fourth-order valence-corrected chi connectivity index (χ4v) is 2.28. The predicted octanol–water partition coefficient (Wildman–Crippen LogP) is 1.98. The van der Waals surface area contributed by atoms with E-state index in [9.17, 15) is 9.59 Å². The van der Waals surface area contributed by atoms with Gasteiger partial charge in [0.05, 0.1) is 13.5 Å². The highest BCUT2D eigenvalue weighted by atomic mass is 16.5. The van der Waals surface area contributed by atoms with Crippen molar-refractivity contribution in [2.24, 2.45) is 5.92 Å². The summed E-state index contributed by atoms with van der Waals surface area (Å²) in [6.07, 6.45) is 7.09. The van der Waals surface area contributed by atoms with Gasteiger partial charge >= 0.3 is 5.97 Å². The van der Waals surface area contributed by atoms with Gasteiger partial charge in [0.1, 0.15) is 0 Å². The molecule has 4 heteroatoms. The second-order valence-corrected chi connectivity index (χ2v) is 4.85. The predicted molar refractivity (Wildman–Crippen MR) is 65.5 cm³/mol. The van der Waals surface area contributed by atoms with Gasteiger partial charge in [-0.2, -0.15) is 0 Å². The van der Waals surface area contributed by atoms with Gasteiger partial charge in [-0.15, -0.1) is 0 Å². The molecule has 1 rings (SSSR count). The molecule has 98 valence electrons. The molecule has 4 nitrogen and oxygen atoms in total. The number of nitrogens with zero attached hydrogens (tertiary/aromatic N) is 1. The Bertz CT molecular complexity index is 259. The van der Waals surface area contributed by atoms with Crippen LogP contribution >= 0.6 is 0 Å². The van der Waals surface area contributed by atoms with Crippen LogP contribution in [0.1, 0.15) is 44.9 Å². The Kier molecular flexibility index (Phi) is 6.01. The molecule has 0 radical (unpaired) electrons. The van der Waals surface area contributed by atoms with Crippen LogP contribution in [0, 0.1) is 5.92 Å². The van der Waals surface area contributed by atoms with Gasteiger partial charge in [0.15, 0.2) is 0 Å². The molecule has 1 aliphatic rings. The van der Waals surface area contributed by atoms with E-state index in [1.807, 2.05) is 0 Å². The lowest BCUT2D eigenvalue weighted by atomic mass is 9.87. The Morgan fingerprint density at radius 2 is 1.88 bits per heavy atom. The number of rotatable bonds is 5. The zero-order valence-electron chi connectivity index (χ0n) is 10.9. The first kappa shape index (κ1) is 14.0. The van der Waals surface area contributed by atoms with E-state index in [4.69, 9.17) is 0 Å². The summed E-state index contributed by atoms with van der Waals surface area (Å²) in [5, 5.41) is 0. The minimum absolute atomic E-state index is 0.154. The monoisotopic (exact) mass is 241 g/mol. The highest BCUT2D eigenvalue weighted by molar-refractivity contribution is 5.77. The minimum Gasteiger partial charge on any atom is -0.469 e. The normalized spacial score (nSPS) is 16.6. The molecule has 0 aliphatic heterocycles. The van der Waals surface area contributed by atoms with E-state index in [0.717, 1.165) is 0 Å². The van der Waals surface area contributed by atoms with Crippen molar-refractivity contribution in [1.29, 1.82) is 0 Å². The Morgan fingerprint density at radius 1 is 1.24 bits per heavy atom. The zero-order valence-corrected chi connectivity index (χ0v) is 10.9. The van der Waals surface area contributed by atoms with Crippen molar-refractivity contribution in [3.8, 4) is 0 Å². The first-order chi connectivity index (χ1) is 8.13. The molecule has 0 saturated heterocycles. The van der Waals surface area contributed by atoms with E-state index in [-0.39, 0.29) is 18.3 Å². The molecule has 0 atom stereocenters. The number of hydrogen-bond acceptors (Lipinski definition) is 3. The maximum Gasteiger partial charge on any atom is 0.307 e. The summed E-state index contributed by atoms with van der Waals surface area (Å²) in [7, 11) is 3.13. The smallest absolute Gasteiger partial charge is 0.307 e. The van der Waals surface area contributed by atoms with Gasteiger partial charge in [0, 0.05) is 20.0 Å². The molecule has 0 unspecified atom stereocenters. The van der Waals surface area contributed by atoms with Crippen molar-refractivity contribution < 1.29 is 14.3 Å². The van der Waals surface area contributed by atoms with Crippen LogP contribution in [0.5, 0.6) is 0 Å². The van der Waals surface area contributed by atoms with Crippen molar-refractivity contribution in [2.75, 3.05) is 20.7 Å². The quantitative estimate of drug-likeness (QED) is 0.691. The van der Waals surface area contributed by atoms with Gasteiger partial charge in [-0.3, -0.25) is 9.59 Å². The van der Waals surface area contributed by atoms with E-state index >= 15 is 0 Å². The molecule has 0 bridgehead atoms. The third kappa shape index (κ3) is 5.20. The van der Waals surface area contributed by atoms with Crippen molar-refractivity contribution in [3.63, 3.8) is 0 Å². The summed E-state index contributed by atoms with van der Waals surface area (Å²) in [5.41, 5.74) is 0. The average Bonchev–Trinajstić information content (AvgIpc) is 2.36. The first-order valence-electron chi connectivity index (χ1n) is 6.44. The number of esters is 1. The molecule has 0 aromatic rings. The van der Waals surface area contributed by atoms with E-state index in [1.165, 1.54) is 39.2 Å². The summed E-state index contributed by atoms with van der Waals surface area (Å²) >= 11 is 0. The van der Waals surface area contributed by atoms with Crippen molar-refractivity contribution >= 4 is 11.9 Å². The van der Waals surface area contributed by atoms with Crippen LogP contribution in [-0.2, 0) is 14.3 Å². The van der Waals surface area contributed by atoms with Crippen LogP contribution in [0.4, 0.5) is 0 Å². The summed E-state index contributed by atoms with van der Waals surface area (Å²) in [5.74, 6) is 0.444. The summed E-state index contributed by atoms with van der Waals surface area (Å²) in [6, 6.07) is 0. The highest BCUT2D eigenvalue weighted by Gasteiger charge is 2.19. The molecule has 17 heavy (non-hydrogen) atoms. The van der Waals surface area contributed by atoms with Crippen molar-refractivity contribution in [2.45, 2.75) is 44.9 Å². The molecule has 0 aromatic carbocycles. The minimum atomic E-state index is -0.262. The number of hydrogen-bond donors (Lipinski definition) is 0. The maximum absolute atomic E-state index is 11.9. The number of amides is 1. The molecule has 0 heterocycles. The summed E-state index contributed by atoms with van der Waals surface area (Å²) < 4.78 is 4.55. The number of methoxy groups -OCH3 is 1. The summed E-state index contributed by atoms with van der Waals surface area (Å²) in [4.78, 5) is 24.5. The molecule has 0 aromatic heterocycles. The van der Waals surface area contributed by atoms with Gasteiger partial charge in [0.25, 0.3) is 0 Å². The lowest BCUT2D eigenvalue weighted by molar-refractivity contribution is -0.141. The SMILES string of the molecule is COC(=O)CCN(C)C(=O)CC1CCCCC1. The van der Waals surface area contributed by atoms with Gasteiger partial charge in [-0.25, -0.2) is 0 Å². The Balaban J connectivity index is 2.23.